The first-order chi connectivity index (χ1) is 9.74. The van der Waals surface area contributed by atoms with E-state index in [9.17, 15) is 0 Å². The van der Waals surface area contributed by atoms with Crippen LogP contribution < -0.4 is 5.32 Å². The Labute approximate surface area is 121 Å². The van der Waals surface area contributed by atoms with Gasteiger partial charge < -0.3 is 5.32 Å². The lowest BCUT2D eigenvalue weighted by molar-refractivity contribution is 0.169. The quantitative estimate of drug-likeness (QED) is 0.892. The number of rotatable bonds is 5. The smallest absolute Gasteiger partial charge is 0.0734 e. The first-order valence-corrected chi connectivity index (χ1v) is 7.80. The summed E-state index contributed by atoms with van der Waals surface area (Å²) >= 11 is 0. The molecule has 106 valence electrons. The highest BCUT2D eigenvalue weighted by Gasteiger charge is 2.30. The Kier molecular flexibility index (Phi) is 4.02. The minimum Gasteiger partial charge on any atom is -0.314 e. The summed E-state index contributed by atoms with van der Waals surface area (Å²) in [6, 6.07) is 11.4. The van der Waals surface area contributed by atoms with Gasteiger partial charge in [0.2, 0.25) is 0 Å². The monoisotopic (exact) mass is 268 g/mol. The van der Waals surface area contributed by atoms with Crippen LogP contribution >= 0.6 is 0 Å². The van der Waals surface area contributed by atoms with Gasteiger partial charge in [-0.05, 0) is 49.3 Å². The predicted molar refractivity (Wildman–Crippen MR) is 84.8 cm³/mol. The highest BCUT2D eigenvalue weighted by Crippen LogP contribution is 2.33. The Morgan fingerprint density at radius 2 is 2.00 bits per heavy atom. The van der Waals surface area contributed by atoms with E-state index in [1.54, 1.807) is 0 Å². The Morgan fingerprint density at radius 3 is 2.80 bits per heavy atom. The Morgan fingerprint density at radius 1 is 1.20 bits per heavy atom. The van der Waals surface area contributed by atoms with Crippen LogP contribution in [-0.2, 0) is 6.42 Å². The van der Waals surface area contributed by atoms with Crippen molar-refractivity contribution >= 4 is 10.9 Å². The van der Waals surface area contributed by atoms with Gasteiger partial charge in [0.15, 0.2) is 0 Å². The minimum absolute atomic E-state index is 0.741. The van der Waals surface area contributed by atoms with Gasteiger partial charge in [-0.2, -0.15) is 0 Å². The van der Waals surface area contributed by atoms with Crippen molar-refractivity contribution in [2.24, 2.45) is 11.8 Å². The fraction of sp³-hybridized carbons (Fsp3) is 0.500. The van der Waals surface area contributed by atoms with E-state index < -0.39 is 0 Å². The van der Waals surface area contributed by atoms with Gasteiger partial charge in [-0.3, -0.25) is 4.98 Å². The molecule has 1 N–H and O–H groups in total. The van der Waals surface area contributed by atoms with Crippen molar-refractivity contribution in [2.45, 2.75) is 39.2 Å². The van der Waals surface area contributed by atoms with E-state index in [0.717, 1.165) is 36.4 Å². The fourth-order valence-corrected chi connectivity index (χ4v) is 3.15. The molecule has 1 aliphatic carbocycles. The molecule has 1 aromatic heterocycles. The van der Waals surface area contributed by atoms with Crippen LogP contribution in [0.5, 0.6) is 0 Å². The largest absolute Gasteiger partial charge is 0.314 e. The van der Waals surface area contributed by atoms with Crippen LogP contribution in [0.25, 0.3) is 10.9 Å². The molecule has 0 bridgehead atoms. The van der Waals surface area contributed by atoms with Gasteiger partial charge in [0.05, 0.1) is 5.52 Å². The molecule has 1 aromatic carbocycles. The normalized spacial score (nSPS) is 22.1. The highest BCUT2D eigenvalue weighted by atomic mass is 14.9. The average Bonchev–Trinajstić information content (AvgIpc) is 2.41. The maximum Gasteiger partial charge on any atom is 0.0734 e. The van der Waals surface area contributed by atoms with E-state index in [-0.39, 0.29) is 0 Å². The second kappa shape index (κ2) is 5.92. The zero-order valence-corrected chi connectivity index (χ0v) is 12.5. The van der Waals surface area contributed by atoms with Gasteiger partial charge in [0.1, 0.15) is 0 Å². The molecule has 0 aliphatic heterocycles. The Bertz CT molecular complexity index is 565. The number of fused-ring (bicyclic) bond motifs is 1. The SMILES string of the molecule is CC(C)C1CC(NCCc2cccc3cccnc23)C1. The number of benzene rings is 1. The molecule has 2 heteroatoms. The van der Waals surface area contributed by atoms with Crippen molar-refractivity contribution in [3.8, 4) is 0 Å². The number of aromatic nitrogens is 1. The third-order valence-electron chi connectivity index (χ3n) is 4.66. The standard InChI is InChI=1S/C18H24N2/c1-13(2)16-11-17(12-16)19-10-8-15-6-3-5-14-7-4-9-20-18(14)15/h3-7,9,13,16-17,19H,8,10-12H2,1-2H3. The van der Waals surface area contributed by atoms with Gasteiger partial charge in [-0.15, -0.1) is 0 Å². The Hall–Kier alpha value is -1.41. The molecule has 3 rings (SSSR count). The van der Waals surface area contributed by atoms with E-state index in [4.69, 9.17) is 0 Å². The van der Waals surface area contributed by atoms with Crippen LogP contribution in [-0.4, -0.2) is 17.6 Å². The lowest BCUT2D eigenvalue weighted by Crippen LogP contribution is -2.43. The average molecular weight is 268 g/mol. The van der Waals surface area contributed by atoms with Crippen LogP contribution in [0.15, 0.2) is 36.5 Å². The van der Waals surface area contributed by atoms with Crippen molar-refractivity contribution in [1.29, 1.82) is 0 Å². The van der Waals surface area contributed by atoms with Crippen LogP contribution in [0.1, 0.15) is 32.3 Å². The number of hydrogen-bond donors (Lipinski definition) is 1. The van der Waals surface area contributed by atoms with Gasteiger partial charge >= 0.3 is 0 Å². The van der Waals surface area contributed by atoms with Gasteiger partial charge in [-0.1, -0.05) is 38.1 Å². The summed E-state index contributed by atoms with van der Waals surface area (Å²) in [5, 5.41) is 4.93. The number of nitrogens with zero attached hydrogens (tertiary/aromatic N) is 1. The minimum atomic E-state index is 0.741. The number of nitrogens with one attached hydrogen (secondary N) is 1. The van der Waals surface area contributed by atoms with Crippen LogP contribution in [0.2, 0.25) is 0 Å². The molecule has 1 heterocycles. The van der Waals surface area contributed by atoms with Gasteiger partial charge in [0, 0.05) is 17.6 Å². The molecule has 2 nitrogen and oxygen atoms in total. The second-order valence-electron chi connectivity index (χ2n) is 6.37. The molecule has 0 spiro atoms. The highest BCUT2D eigenvalue weighted by molar-refractivity contribution is 5.81. The van der Waals surface area contributed by atoms with E-state index in [2.05, 4.69) is 48.4 Å². The summed E-state index contributed by atoms with van der Waals surface area (Å²) in [5.41, 5.74) is 2.51. The van der Waals surface area contributed by atoms with Crippen molar-refractivity contribution in [3.63, 3.8) is 0 Å². The van der Waals surface area contributed by atoms with Crippen LogP contribution in [0, 0.1) is 11.8 Å². The zero-order valence-electron chi connectivity index (χ0n) is 12.5. The first-order valence-electron chi connectivity index (χ1n) is 7.80. The van der Waals surface area contributed by atoms with Crippen LogP contribution in [0.4, 0.5) is 0 Å². The van der Waals surface area contributed by atoms with E-state index in [1.807, 2.05) is 12.3 Å². The van der Waals surface area contributed by atoms with Crippen molar-refractivity contribution in [1.82, 2.24) is 10.3 Å². The van der Waals surface area contributed by atoms with E-state index in [1.165, 1.54) is 23.8 Å². The molecule has 20 heavy (non-hydrogen) atoms. The number of pyridine rings is 1. The van der Waals surface area contributed by atoms with Crippen molar-refractivity contribution in [3.05, 3.63) is 42.1 Å². The van der Waals surface area contributed by atoms with E-state index in [0.29, 0.717) is 0 Å². The summed E-state index contributed by atoms with van der Waals surface area (Å²) in [5.74, 6) is 1.78. The summed E-state index contributed by atoms with van der Waals surface area (Å²) in [4.78, 5) is 4.52. The lowest BCUT2D eigenvalue weighted by Gasteiger charge is -2.38. The summed E-state index contributed by atoms with van der Waals surface area (Å²) < 4.78 is 0. The third-order valence-corrected chi connectivity index (χ3v) is 4.66. The lowest BCUT2D eigenvalue weighted by atomic mass is 9.73. The molecule has 2 aromatic rings. The fourth-order valence-electron chi connectivity index (χ4n) is 3.15. The maximum atomic E-state index is 4.52. The number of para-hydroxylation sites is 1. The molecule has 1 aliphatic rings. The van der Waals surface area contributed by atoms with Gasteiger partial charge in [0.25, 0.3) is 0 Å². The zero-order chi connectivity index (χ0) is 13.9. The third kappa shape index (κ3) is 2.85. The summed E-state index contributed by atoms with van der Waals surface area (Å²) in [6.45, 7) is 5.73. The molecule has 1 fully saturated rings. The van der Waals surface area contributed by atoms with Crippen LogP contribution in [0.3, 0.4) is 0 Å². The molecule has 1 saturated carbocycles. The summed E-state index contributed by atoms with van der Waals surface area (Å²) in [6.07, 6.45) is 5.66. The summed E-state index contributed by atoms with van der Waals surface area (Å²) in [7, 11) is 0. The molecule has 0 unspecified atom stereocenters. The van der Waals surface area contributed by atoms with Crippen molar-refractivity contribution in [2.75, 3.05) is 6.54 Å². The van der Waals surface area contributed by atoms with E-state index >= 15 is 0 Å². The van der Waals surface area contributed by atoms with Crippen molar-refractivity contribution < 1.29 is 0 Å². The molecule has 0 amide bonds. The topological polar surface area (TPSA) is 24.9 Å². The molecule has 0 atom stereocenters. The molecule has 0 radical (unpaired) electrons. The second-order valence-corrected chi connectivity index (χ2v) is 6.37. The molecule has 0 saturated heterocycles. The first kappa shape index (κ1) is 13.6. The molecular weight excluding hydrogens is 244 g/mol. The Balaban J connectivity index is 1.53. The maximum absolute atomic E-state index is 4.52. The predicted octanol–water partition coefficient (Wildman–Crippen LogP) is 3.80. The molecular formula is C18H24N2. The number of hydrogen-bond acceptors (Lipinski definition) is 2. The van der Waals surface area contributed by atoms with Gasteiger partial charge in [-0.25, -0.2) is 0 Å².